The van der Waals surface area contributed by atoms with Gasteiger partial charge in [-0.2, -0.15) is 0 Å². The summed E-state index contributed by atoms with van der Waals surface area (Å²) in [6.45, 7) is 5.49. The molecule has 0 saturated carbocycles. The highest BCUT2D eigenvalue weighted by atomic mass is 127. The number of hydrogen-bond donors (Lipinski definition) is 2. The Labute approximate surface area is 139 Å². The normalized spacial score (nSPS) is 11.3. The molecule has 0 saturated heterocycles. The van der Waals surface area contributed by atoms with Gasteiger partial charge in [0.15, 0.2) is 5.96 Å². The van der Waals surface area contributed by atoms with Crippen LogP contribution in [0.15, 0.2) is 27.7 Å². The minimum Gasteiger partial charge on any atom is -0.370 e. The van der Waals surface area contributed by atoms with Gasteiger partial charge in [0, 0.05) is 6.54 Å². The van der Waals surface area contributed by atoms with Crippen molar-refractivity contribution in [3.8, 4) is 0 Å². The first-order valence-corrected chi connectivity index (χ1v) is 6.76. The molecular weight excluding hydrogens is 424 g/mol. The molecule has 0 amide bonds. The first-order chi connectivity index (χ1) is 8.49. The van der Waals surface area contributed by atoms with Crippen LogP contribution >= 0.6 is 39.9 Å². The fraction of sp³-hybridized carbons (Fsp3) is 0.462. The molecule has 0 aliphatic carbocycles. The quantitative estimate of drug-likeness (QED) is 0.414. The topological polar surface area (TPSA) is 50.4 Å². The Morgan fingerprint density at radius 2 is 2.16 bits per heavy atom. The van der Waals surface area contributed by atoms with Crippen LogP contribution in [0.4, 0.5) is 4.39 Å². The molecule has 6 heteroatoms. The Morgan fingerprint density at radius 1 is 1.47 bits per heavy atom. The van der Waals surface area contributed by atoms with Crippen LogP contribution in [0, 0.1) is 11.7 Å². The Balaban J connectivity index is 0.00000324. The number of halogens is 3. The summed E-state index contributed by atoms with van der Waals surface area (Å²) >= 11 is 3.11. The molecule has 0 aliphatic rings. The van der Waals surface area contributed by atoms with Crippen molar-refractivity contribution in [2.45, 2.75) is 26.8 Å². The van der Waals surface area contributed by atoms with Crippen LogP contribution in [0.25, 0.3) is 0 Å². The molecule has 3 nitrogen and oxygen atoms in total. The summed E-state index contributed by atoms with van der Waals surface area (Å²) in [6, 6.07) is 4.94. The lowest BCUT2D eigenvalue weighted by atomic mass is 10.1. The number of nitrogens with zero attached hydrogens (tertiary/aromatic N) is 1. The highest BCUT2D eigenvalue weighted by Crippen LogP contribution is 2.16. The van der Waals surface area contributed by atoms with Crippen LogP contribution < -0.4 is 11.1 Å². The molecule has 0 unspecified atom stereocenters. The zero-order chi connectivity index (χ0) is 13.5. The number of hydrogen-bond acceptors (Lipinski definition) is 1. The van der Waals surface area contributed by atoms with Crippen molar-refractivity contribution >= 4 is 45.9 Å². The highest BCUT2D eigenvalue weighted by Gasteiger charge is 2.00. The lowest BCUT2D eigenvalue weighted by molar-refractivity contribution is 0.576. The molecule has 0 bridgehead atoms. The second-order valence-electron chi connectivity index (χ2n) is 4.56. The summed E-state index contributed by atoms with van der Waals surface area (Å²) in [4.78, 5) is 4.16. The molecule has 0 atom stereocenters. The van der Waals surface area contributed by atoms with E-state index in [2.05, 4.69) is 40.1 Å². The van der Waals surface area contributed by atoms with Gasteiger partial charge >= 0.3 is 0 Å². The lowest BCUT2D eigenvalue weighted by Gasteiger charge is -2.07. The van der Waals surface area contributed by atoms with Gasteiger partial charge in [0.1, 0.15) is 5.82 Å². The first kappa shape index (κ1) is 18.6. The summed E-state index contributed by atoms with van der Waals surface area (Å²) < 4.78 is 13.7. The number of nitrogens with one attached hydrogen (secondary N) is 1. The molecule has 0 spiro atoms. The van der Waals surface area contributed by atoms with Crippen molar-refractivity contribution < 1.29 is 4.39 Å². The molecule has 1 aromatic rings. The lowest BCUT2D eigenvalue weighted by Crippen LogP contribution is -2.32. The average Bonchev–Trinajstić information content (AvgIpc) is 2.30. The molecule has 0 aliphatic heterocycles. The van der Waals surface area contributed by atoms with Crippen LogP contribution in [0.5, 0.6) is 0 Å². The van der Waals surface area contributed by atoms with Crippen molar-refractivity contribution in [2.75, 3.05) is 6.54 Å². The summed E-state index contributed by atoms with van der Waals surface area (Å²) in [7, 11) is 0. The van der Waals surface area contributed by atoms with Gasteiger partial charge in [-0.15, -0.1) is 24.0 Å². The van der Waals surface area contributed by atoms with Crippen molar-refractivity contribution in [2.24, 2.45) is 16.6 Å². The third-order valence-electron chi connectivity index (χ3n) is 2.44. The fourth-order valence-electron chi connectivity index (χ4n) is 1.36. The Kier molecular flexibility index (Phi) is 9.34. The molecule has 1 rings (SSSR count). The van der Waals surface area contributed by atoms with E-state index in [9.17, 15) is 4.39 Å². The third kappa shape index (κ3) is 7.71. The molecule has 108 valence electrons. The van der Waals surface area contributed by atoms with Crippen LogP contribution in [0.1, 0.15) is 25.8 Å². The van der Waals surface area contributed by atoms with E-state index in [1.165, 1.54) is 6.07 Å². The van der Waals surface area contributed by atoms with E-state index >= 15 is 0 Å². The molecule has 3 N–H and O–H groups in total. The number of benzene rings is 1. The minimum absolute atomic E-state index is 0. The van der Waals surface area contributed by atoms with Gasteiger partial charge < -0.3 is 11.1 Å². The summed E-state index contributed by atoms with van der Waals surface area (Å²) in [5.41, 5.74) is 6.51. The number of aliphatic imine (C=N–C) groups is 1. The predicted molar refractivity (Wildman–Crippen MR) is 92.3 cm³/mol. The first-order valence-electron chi connectivity index (χ1n) is 5.96. The maximum Gasteiger partial charge on any atom is 0.188 e. The van der Waals surface area contributed by atoms with Gasteiger partial charge in [0.2, 0.25) is 0 Å². The van der Waals surface area contributed by atoms with Crippen molar-refractivity contribution in [1.82, 2.24) is 5.32 Å². The largest absolute Gasteiger partial charge is 0.370 e. The highest BCUT2D eigenvalue weighted by molar-refractivity contribution is 14.0. The monoisotopic (exact) mass is 443 g/mol. The van der Waals surface area contributed by atoms with E-state index in [4.69, 9.17) is 5.73 Å². The van der Waals surface area contributed by atoms with Gasteiger partial charge in [0.25, 0.3) is 0 Å². The third-order valence-corrected chi connectivity index (χ3v) is 3.09. The van der Waals surface area contributed by atoms with E-state index < -0.39 is 0 Å². The van der Waals surface area contributed by atoms with Gasteiger partial charge in [-0.1, -0.05) is 19.9 Å². The standard InChI is InChI=1S/C13H19BrFN3.HI/c1-9(2)5-6-17-13(16)18-8-10-3-4-11(14)12(15)7-10;/h3-4,7,9H,5-6,8H2,1-2H3,(H3,16,17,18);1H. The summed E-state index contributed by atoms with van der Waals surface area (Å²) in [5, 5.41) is 3.03. The van der Waals surface area contributed by atoms with Gasteiger partial charge in [0.05, 0.1) is 11.0 Å². The Hall–Kier alpha value is -0.370. The molecule has 0 radical (unpaired) electrons. The van der Waals surface area contributed by atoms with Crippen LogP contribution in [-0.4, -0.2) is 12.5 Å². The Morgan fingerprint density at radius 3 is 2.74 bits per heavy atom. The Bertz CT molecular complexity index is 424. The zero-order valence-corrected chi connectivity index (χ0v) is 15.0. The van der Waals surface area contributed by atoms with E-state index in [-0.39, 0.29) is 29.8 Å². The summed E-state index contributed by atoms with van der Waals surface area (Å²) in [6.07, 6.45) is 1.04. The van der Waals surface area contributed by atoms with E-state index in [1.54, 1.807) is 6.07 Å². The van der Waals surface area contributed by atoms with Gasteiger partial charge in [-0.05, 0) is 46.0 Å². The van der Waals surface area contributed by atoms with E-state index in [0.717, 1.165) is 18.5 Å². The molecule has 0 aromatic heterocycles. The molecule has 0 heterocycles. The maximum atomic E-state index is 13.3. The molecular formula is C13H20BrFIN3. The van der Waals surface area contributed by atoms with E-state index in [1.807, 2.05) is 6.07 Å². The minimum atomic E-state index is -0.283. The van der Waals surface area contributed by atoms with Crippen molar-refractivity contribution in [3.05, 3.63) is 34.1 Å². The van der Waals surface area contributed by atoms with E-state index in [0.29, 0.717) is 22.9 Å². The van der Waals surface area contributed by atoms with Crippen LogP contribution in [0.3, 0.4) is 0 Å². The molecule has 0 fully saturated rings. The van der Waals surface area contributed by atoms with Crippen LogP contribution in [0.2, 0.25) is 0 Å². The average molecular weight is 444 g/mol. The second kappa shape index (κ2) is 9.52. The van der Waals surface area contributed by atoms with Crippen molar-refractivity contribution in [1.29, 1.82) is 0 Å². The number of nitrogens with two attached hydrogens (primary N) is 1. The molecule has 1 aromatic carbocycles. The SMILES string of the molecule is CC(C)CCNC(N)=NCc1ccc(Br)c(F)c1.I. The maximum absolute atomic E-state index is 13.3. The number of rotatable bonds is 5. The molecule has 19 heavy (non-hydrogen) atoms. The smallest absolute Gasteiger partial charge is 0.188 e. The predicted octanol–water partition coefficient (Wildman–Crippen LogP) is 3.66. The van der Waals surface area contributed by atoms with Crippen molar-refractivity contribution in [3.63, 3.8) is 0 Å². The van der Waals surface area contributed by atoms with Gasteiger partial charge in [-0.25, -0.2) is 9.38 Å². The summed E-state index contributed by atoms with van der Waals surface area (Å²) in [5.74, 6) is 0.749. The van der Waals surface area contributed by atoms with Crippen LogP contribution in [-0.2, 0) is 6.54 Å². The zero-order valence-electron chi connectivity index (χ0n) is 11.1. The fourth-order valence-corrected chi connectivity index (χ4v) is 1.61. The van der Waals surface area contributed by atoms with Gasteiger partial charge in [-0.3, -0.25) is 0 Å². The second-order valence-corrected chi connectivity index (χ2v) is 5.41. The number of guanidine groups is 1.